The first kappa shape index (κ1) is 15.6. The average molecular weight is 301 g/mol. The van der Waals surface area contributed by atoms with E-state index < -0.39 is 11.9 Å². The van der Waals surface area contributed by atoms with E-state index in [0.29, 0.717) is 5.92 Å². The van der Waals surface area contributed by atoms with E-state index in [9.17, 15) is 13.2 Å². The second-order valence-electron chi connectivity index (χ2n) is 5.47. The van der Waals surface area contributed by atoms with Gasteiger partial charge in [0.25, 0.3) is 0 Å². The van der Waals surface area contributed by atoms with E-state index in [1.165, 1.54) is 0 Å². The molecule has 1 aromatic rings. The number of nitrogens with one attached hydrogen (secondary N) is 1. The van der Waals surface area contributed by atoms with Gasteiger partial charge in [0.1, 0.15) is 17.6 Å². The molecule has 2 rings (SSSR count). The molecule has 1 heterocycles. The number of hydrogen-bond acceptors (Lipinski definition) is 3. The number of nitrogens with zero attached hydrogens (tertiary/aromatic N) is 1. The summed E-state index contributed by atoms with van der Waals surface area (Å²) in [6.07, 6.45) is -1.11. The second-order valence-corrected chi connectivity index (χ2v) is 5.47. The molecule has 2 unspecified atom stereocenters. The quantitative estimate of drug-likeness (QED) is 0.664. The lowest BCUT2D eigenvalue weighted by molar-refractivity contribution is -0.141. The number of nitrogen functional groups attached to an aromatic ring is 1. The molecular formula is C14H18F3N3O. The third-order valence-electron chi connectivity index (χ3n) is 3.61. The average Bonchev–Trinajstić information content (AvgIpc) is 2.37. The summed E-state index contributed by atoms with van der Waals surface area (Å²) in [6, 6.07) is 1.95. The maximum absolute atomic E-state index is 12.7. The van der Waals surface area contributed by atoms with E-state index in [4.69, 9.17) is 15.9 Å². The molecule has 1 fully saturated rings. The minimum atomic E-state index is -4.55. The van der Waals surface area contributed by atoms with Gasteiger partial charge in [-0.2, -0.15) is 13.2 Å². The standard InChI is InChI=1S/C14H18F3N3O/c1-8-3-2-4-9(7-8)21-13-10(12(18)19)5-6-11(20-13)14(15,16)17/h5-6,8-9H,2-4,7H2,1H3,(H3,18,19). The maximum Gasteiger partial charge on any atom is 0.433 e. The molecule has 0 spiro atoms. The van der Waals surface area contributed by atoms with E-state index in [1.54, 1.807) is 0 Å². The molecule has 2 atom stereocenters. The zero-order chi connectivity index (χ0) is 15.6. The predicted octanol–water partition coefficient (Wildman–Crippen LogP) is 3.34. The second kappa shape index (κ2) is 5.91. The van der Waals surface area contributed by atoms with Crippen LogP contribution in [0.5, 0.6) is 5.88 Å². The third-order valence-corrected chi connectivity index (χ3v) is 3.61. The molecule has 0 aromatic carbocycles. The van der Waals surface area contributed by atoms with Gasteiger partial charge in [-0.25, -0.2) is 4.98 Å². The highest BCUT2D eigenvalue weighted by Crippen LogP contribution is 2.32. The minimum Gasteiger partial charge on any atom is -0.474 e. The monoisotopic (exact) mass is 301 g/mol. The number of pyridine rings is 1. The molecule has 0 aliphatic heterocycles. The van der Waals surface area contributed by atoms with Crippen molar-refractivity contribution in [3.05, 3.63) is 23.4 Å². The fraction of sp³-hybridized carbons (Fsp3) is 0.571. The highest BCUT2D eigenvalue weighted by atomic mass is 19.4. The number of amidine groups is 1. The molecule has 0 amide bonds. The Morgan fingerprint density at radius 3 is 2.67 bits per heavy atom. The SMILES string of the molecule is CC1CCCC(Oc2nc(C(F)(F)F)ccc2C(=N)N)C1. The number of nitrogens with two attached hydrogens (primary N) is 1. The molecule has 1 aliphatic carbocycles. The van der Waals surface area contributed by atoms with E-state index in [1.807, 2.05) is 0 Å². The van der Waals surface area contributed by atoms with Gasteiger partial charge in [0.2, 0.25) is 5.88 Å². The molecule has 0 radical (unpaired) electrons. The summed E-state index contributed by atoms with van der Waals surface area (Å²) in [5.41, 5.74) is 4.45. The van der Waals surface area contributed by atoms with Gasteiger partial charge in [0.05, 0.1) is 5.56 Å². The van der Waals surface area contributed by atoms with E-state index in [2.05, 4.69) is 11.9 Å². The van der Waals surface area contributed by atoms with Crippen molar-refractivity contribution in [2.45, 2.75) is 44.9 Å². The van der Waals surface area contributed by atoms with Crippen molar-refractivity contribution in [1.82, 2.24) is 4.98 Å². The van der Waals surface area contributed by atoms with Crippen molar-refractivity contribution in [3.8, 4) is 5.88 Å². The highest BCUT2D eigenvalue weighted by Gasteiger charge is 2.34. The van der Waals surface area contributed by atoms with Crippen LogP contribution in [0.4, 0.5) is 13.2 Å². The van der Waals surface area contributed by atoms with Crippen molar-refractivity contribution in [3.63, 3.8) is 0 Å². The highest BCUT2D eigenvalue weighted by molar-refractivity contribution is 5.97. The molecule has 4 nitrogen and oxygen atoms in total. The fourth-order valence-corrected chi connectivity index (χ4v) is 2.54. The first-order valence-corrected chi connectivity index (χ1v) is 6.86. The Bertz CT molecular complexity index is 531. The maximum atomic E-state index is 12.7. The lowest BCUT2D eigenvalue weighted by Crippen LogP contribution is -2.26. The van der Waals surface area contributed by atoms with Crippen LogP contribution in [0.25, 0.3) is 0 Å². The molecule has 7 heteroatoms. The van der Waals surface area contributed by atoms with Gasteiger partial charge in [0, 0.05) is 0 Å². The van der Waals surface area contributed by atoms with Crippen LogP contribution < -0.4 is 10.5 Å². The lowest BCUT2D eigenvalue weighted by Gasteiger charge is -2.27. The van der Waals surface area contributed by atoms with Gasteiger partial charge in [0.15, 0.2) is 0 Å². The van der Waals surface area contributed by atoms with Crippen molar-refractivity contribution >= 4 is 5.84 Å². The van der Waals surface area contributed by atoms with Crippen LogP contribution in [-0.2, 0) is 6.18 Å². The van der Waals surface area contributed by atoms with Crippen LogP contribution in [-0.4, -0.2) is 16.9 Å². The summed E-state index contributed by atoms with van der Waals surface area (Å²) in [6.45, 7) is 2.08. The molecule has 1 aromatic heterocycles. The first-order chi connectivity index (χ1) is 9.77. The molecule has 3 N–H and O–H groups in total. The Labute approximate surface area is 121 Å². The van der Waals surface area contributed by atoms with Crippen LogP contribution in [0.15, 0.2) is 12.1 Å². The van der Waals surface area contributed by atoms with Gasteiger partial charge < -0.3 is 10.5 Å². The fourth-order valence-electron chi connectivity index (χ4n) is 2.54. The summed E-state index contributed by atoms with van der Waals surface area (Å²) in [5.74, 6) is -0.0816. The van der Waals surface area contributed by atoms with E-state index in [0.717, 1.165) is 37.8 Å². The number of rotatable bonds is 3. The van der Waals surface area contributed by atoms with Gasteiger partial charge in [-0.15, -0.1) is 0 Å². The Balaban J connectivity index is 2.28. The topological polar surface area (TPSA) is 72.0 Å². The van der Waals surface area contributed by atoms with Gasteiger partial charge in [-0.05, 0) is 37.3 Å². The number of aromatic nitrogens is 1. The Kier molecular flexibility index (Phi) is 4.39. The van der Waals surface area contributed by atoms with Crippen LogP contribution in [0, 0.1) is 11.3 Å². The first-order valence-electron chi connectivity index (χ1n) is 6.86. The summed E-state index contributed by atoms with van der Waals surface area (Å²) in [7, 11) is 0. The van der Waals surface area contributed by atoms with Crippen molar-refractivity contribution in [2.75, 3.05) is 0 Å². The number of alkyl halides is 3. The molecule has 0 saturated heterocycles. The zero-order valence-corrected chi connectivity index (χ0v) is 11.7. The van der Waals surface area contributed by atoms with Crippen molar-refractivity contribution < 1.29 is 17.9 Å². The van der Waals surface area contributed by atoms with Crippen molar-refractivity contribution in [1.29, 1.82) is 5.41 Å². The minimum absolute atomic E-state index is 0.0984. The summed E-state index contributed by atoms with van der Waals surface area (Å²) < 4.78 is 43.8. The summed E-state index contributed by atoms with van der Waals surface area (Å²) >= 11 is 0. The number of halogens is 3. The Morgan fingerprint density at radius 1 is 1.38 bits per heavy atom. The summed E-state index contributed by atoms with van der Waals surface area (Å²) in [5, 5.41) is 7.44. The van der Waals surface area contributed by atoms with Gasteiger partial charge in [-0.1, -0.05) is 13.3 Å². The molecular weight excluding hydrogens is 283 g/mol. The molecule has 1 aliphatic rings. The Hall–Kier alpha value is -1.79. The summed E-state index contributed by atoms with van der Waals surface area (Å²) in [4.78, 5) is 3.52. The van der Waals surface area contributed by atoms with Crippen molar-refractivity contribution in [2.24, 2.45) is 11.7 Å². The van der Waals surface area contributed by atoms with Crippen LogP contribution in [0.1, 0.15) is 43.9 Å². The van der Waals surface area contributed by atoms with Crippen LogP contribution in [0.2, 0.25) is 0 Å². The molecule has 116 valence electrons. The largest absolute Gasteiger partial charge is 0.474 e. The number of hydrogen-bond donors (Lipinski definition) is 2. The van der Waals surface area contributed by atoms with Gasteiger partial charge in [-0.3, -0.25) is 5.41 Å². The normalized spacial score (nSPS) is 22.9. The third kappa shape index (κ3) is 3.86. The van der Waals surface area contributed by atoms with Crippen LogP contribution in [0.3, 0.4) is 0 Å². The van der Waals surface area contributed by atoms with Crippen LogP contribution >= 0.6 is 0 Å². The lowest BCUT2D eigenvalue weighted by atomic mass is 9.89. The molecule has 1 saturated carbocycles. The Morgan fingerprint density at radius 2 is 2.10 bits per heavy atom. The predicted molar refractivity (Wildman–Crippen MR) is 72.3 cm³/mol. The number of ether oxygens (including phenoxy) is 1. The van der Waals surface area contributed by atoms with Gasteiger partial charge >= 0.3 is 6.18 Å². The zero-order valence-electron chi connectivity index (χ0n) is 11.7. The molecule has 21 heavy (non-hydrogen) atoms. The van der Waals surface area contributed by atoms with E-state index in [-0.39, 0.29) is 23.4 Å². The molecule has 0 bridgehead atoms. The smallest absolute Gasteiger partial charge is 0.433 e. The van der Waals surface area contributed by atoms with E-state index >= 15 is 0 Å².